The highest BCUT2D eigenvalue weighted by Crippen LogP contribution is 2.07. The number of rotatable bonds is 2. The van der Waals surface area contributed by atoms with Gasteiger partial charge in [-0.15, -0.1) is 0 Å². The fourth-order valence-corrected chi connectivity index (χ4v) is 0.626. The van der Waals surface area contributed by atoms with Crippen LogP contribution in [0.5, 0.6) is 0 Å². The summed E-state index contributed by atoms with van der Waals surface area (Å²) in [6, 6.07) is 0. The molecule has 0 unspecified atom stereocenters. The molecule has 0 saturated carbocycles. The molecule has 0 radical (unpaired) electrons. The molecule has 4 heteroatoms. The van der Waals surface area contributed by atoms with Gasteiger partial charge >= 0.3 is 6.16 Å². The molecule has 0 aromatic rings. The minimum absolute atomic E-state index is 0.0484. The van der Waals surface area contributed by atoms with Crippen molar-refractivity contribution in [2.45, 2.75) is 6.42 Å². The van der Waals surface area contributed by atoms with E-state index in [-0.39, 0.29) is 13.2 Å². The number of ether oxygens (including phenoxy) is 2. The lowest BCUT2D eigenvalue weighted by atomic mass is 10.2. The highest BCUT2D eigenvalue weighted by molar-refractivity contribution is 5.62. The number of aliphatic hydroxyl groups is 1. The molecule has 1 N–H and O–H groups in total. The van der Waals surface area contributed by atoms with Crippen molar-refractivity contribution in [1.29, 1.82) is 0 Å². The molecule has 0 aromatic heterocycles. The molecule has 10 heavy (non-hydrogen) atoms. The Labute approximate surface area is 58.1 Å². The first-order chi connectivity index (χ1) is 4.83. The third-order valence-corrected chi connectivity index (χ3v) is 1.13. The van der Waals surface area contributed by atoms with Crippen LogP contribution in [0.4, 0.5) is 4.79 Å². The van der Waals surface area contributed by atoms with Gasteiger partial charge in [0.25, 0.3) is 0 Å². The molecule has 56 valence electrons. The molecule has 0 aromatic carbocycles. The molecule has 0 bridgehead atoms. The van der Waals surface area contributed by atoms with Crippen LogP contribution in [0, 0.1) is 0 Å². The smallest absolute Gasteiger partial charge is 0.429 e. The van der Waals surface area contributed by atoms with E-state index in [0.717, 1.165) is 5.57 Å². The fourth-order valence-electron chi connectivity index (χ4n) is 0.626. The molecule has 1 heterocycles. The second-order valence-electron chi connectivity index (χ2n) is 1.91. The number of hydrogen-bond donors (Lipinski definition) is 1. The van der Waals surface area contributed by atoms with Crippen molar-refractivity contribution in [2.24, 2.45) is 0 Å². The van der Waals surface area contributed by atoms with Gasteiger partial charge in [0.05, 0.1) is 0 Å². The normalized spacial score (nSPS) is 17.3. The molecular weight excluding hydrogens is 136 g/mol. The topological polar surface area (TPSA) is 55.8 Å². The largest absolute Gasteiger partial charge is 0.513 e. The highest BCUT2D eigenvalue weighted by atomic mass is 16.7. The van der Waals surface area contributed by atoms with Gasteiger partial charge in [0, 0.05) is 12.2 Å². The van der Waals surface area contributed by atoms with E-state index < -0.39 is 6.16 Å². The molecular formula is C6H8O4. The van der Waals surface area contributed by atoms with Gasteiger partial charge in [-0.2, -0.15) is 0 Å². The van der Waals surface area contributed by atoms with E-state index in [9.17, 15) is 4.79 Å². The Kier molecular flexibility index (Phi) is 2.28. The molecule has 0 aliphatic carbocycles. The Morgan fingerprint density at radius 2 is 2.50 bits per heavy atom. The molecule has 0 amide bonds. The third-order valence-electron chi connectivity index (χ3n) is 1.13. The maximum Gasteiger partial charge on any atom is 0.513 e. The van der Waals surface area contributed by atoms with Crippen molar-refractivity contribution in [3.63, 3.8) is 0 Å². The van der Waals surface area contributed by atoms with Gasteiger partial charge < -0.3 is 14.6 Å². The second kappa shape index (κ2) is 3.22. The van der Waals surface area contributed by atoms with Crippen LogP contribution < -0.4 is 0 Å². The van der Waals surface area contributed by atoms with E-state index in [1.54, 1.807) is 0 Å². The minimum Gasteiger partial charge on any atom is -0.429 e. The number of aliphatic hydroxyl groups excluding tert-OH is 1. The van der Waals surface area contributed by atoms with E-state index in [4.69, 9.17) is 5.11 Å². The molecule has 1 rings (SSSR count). The molecule has 4 nitrogen and oxygen atoms in total. The van der Waals surface area contributed by atoms with Crippen molar-refractivity contribution >= 4 is 6.16 Å². The first-order valence-electron chi connectivity index (χ1n) is 2.95. The Bertz CT molecular complexity index is 161. The summed E-state index contributed by atoms with van der Waals surface area (Å²) in [4.78, 5) is 10.3. The van der Waals surface area contributed by atoms with Crippen molar-refractivity contribution < 1.29 is 19.4 Å². The molecule has 1 aliphatic heterocycles. The monoisotopic (exact) mass is 144 g/mol. The predicted octanol–water partition coefficient (Wildman–Crippen LogP) is 0.419. The minimum atomic E-state index is -0.679. The van der Waals surface area contributed by atoms with Crippen LogP contribution in [0.2, 0.25) is 0 Å². The van der Waals surface area contributed by atoms with Crippen LogP contribution in [-0.2, 0) is 9.47 Å². The third kappa shape index (κ3) is 1.73. The van der Waals surface area contributed by atoms with E-state index in [1.807, 2.05) is 0 Å². The predicted molar refractivity (Wildman–Crippen MR) is 32.2 cm³/mol. The quantitative estimate of drug-likeness (QED) is 0.570. The lowest BCUT2D eigenvalue weighted by Crippen LogP contribution is -2.13. The van der Waals surface area contributed by atoms with Crippen LogP contribution in [0.25, 0.3) is 0 Å². The van der Waals surface area contributed by atoms with Crippen LogP contribution in [0.1, 0.15) is 6.42 Å². The van der Waals surface area contributed by atoms with E-state index >= 15 is 0 Å². The zero-order valence-corrected chi connectivity index (χ0v) is 5.37. The summed E-state index contributed by atoms with van der Waals surface area (Å²) in [5, 5.41) is 8.45. The lowest BCUT2D eigenvalue weighted by molar-refractivity contribution is 0.0767. The fraction of sp³-hybridized carbons (Fsp3) is 0.500. The zero-order chi connectivity index (χ0) is 7.40. The van der Waals surface area contributed by atoms with Crippen molar-refractivity contribution in [2.75, 3.05) is 13.2 Å². The van der Waals surface area contributed by atoms with Gasteiger partial charge in [-0.05, 0) is 6.42 Å². The van der Waals surface area contributed by atoms with E-state index in [1.165, 1.54) is 6.26 Å². The van der Waals surface area contributed by atoms with Crippen LogP contribution in [-0.4, -0.2) is 24.5 Å². The standard InChI is InChI=1S/C6H8O4/c7-2-1-5-3-9-6(8)10-4-5/h3,7H,1-2,4H2. The molecule has 1 aliphatic rings. The lowest BCUT2D eigenvalue weighted by Gasteiger charge is -2.11. The Morgan fingerprint density at radius 1 is 1.70 bits per heavy atom. The summed E-state index contributed by atoms with van der Waals surface area (Å²) in [7, 11) is 0. The van der Waals surface area contributed by atoms with Crippen molar-refractivity contribution in [1.82, 2.24) is 0 Å². The maximum absolute atomic E-state index is 10.3. The zero-order valence-electron chi connectivity index (χ0n) is 5.37. The summed E-state index contributed by atoms with van der Waals surface area (Å²) in [5.74, 6) is 0. The van der Waals surface area contributed by atoms with Gasteiger partial charge in [0.15, 0.2) is 0 Å². The van der Waals surface area contributed by atoms with Crippen molar-refractivity contribution in [3.8, 4) is 0 Å². The first-order valence-corrected chi connectivity index (χ1v) is 2.95. The van der Waals surface area contributed by atoms with Gasteiger partial charge in [-0.1, -0.05) is 0 Å². The van der Waals surface area contributed by atoms with Crippen LogP contribution in [0.15, 0.2) is 11.8 Å². The SMILES string of the molecule is O=C1OC=C(CCO)CO1. The number of carbonyl (C=O) groups is 1. The summed E-state index contributed by atoms with van der Waals surface area (Å²) < 4.78 is 8.91. The van der Waals surface area contributed by atoms with Gasteiger partial charge in [0.2, 0.25) is 0 Å². The average Bonchev–Trinajstić information content (AvgIpc) is 1.95. The summed E-state index contributed by atoms with van der Waals surface area (Å²) in [6.07, 6.45) is 1.14. The van der Waals surface area contributed by atoms with Crippen molar-refractivity contribution in [3.05, 3.63) is 11.8 Å². The van der Waals surface area contributed by atoms with Crippen LogP contribution >= 0.6 is 0 Å². The van der Waals surface area contributed by atoms with Gasteiger partial charge in [0.1, 0.15) is 12.9 Å². The van der Waals surface area contributed by atoms with Gasteiger partial charge in [-0.3, -0.25) is 0 Å². The van der Waals surface area contributed by atoms with Gasteiger partial charge in [-0.25, -0.2) is 4.79 Å². The molecule has 0 spiro atoms. The highest BCUT2D eigenvalue weighted by Gasteiger charge is 2.11. The molecule has 0 fully saturated rings. The Balaban J connectivity index is 2.40. The number of carbonyl (C=O) groups excluding carboxylic acids is 1. The van der Waals surface area contributed by atoms with E-state index in [2.05, 4.69) is 9.47 Å². The Morgan fingerprint density at radius 3 is 3.00 bits per heavy atom. The first kappa shape index (κ1) is 7.08. The Hall–Kier alpha value is -1.03. The molecule has 0 atom stereocenters. The van der Waals surface area contributed by atoms with Crippen LogP contribution in [0.3, 0.4) is 0 Å². The van der Waals surface area contributed by atoms with E-state index in [0.29, 0.717) is 6.42 Å². The number of hydrogen-bond acceptors (Lipinski definition) is 4. The average molecular weight is 144 g/mol. The summed E-state index contributed by atoms with van der Waals surface area (Å²) in [5.41, 5.74) is 0.794. The number of cyclic esters (lactones) is 2. The summed E-state index contributed by atoms with van der Waals surface area (Å²) >= 11 is 0. The maximum atomic E-state index is 10.3. The summed E-state index contributed by atoms with van der Waals surface area (Å²) in [6.45, 7) is 0.284. The molecule has 0 saturated heterocycles. The second-order valence-corrected chi connectivity index (χ2v) is 1.91.